The number of aromatic nitrogens is 4. The molecule has 0 saturated carbocycles. The van der Waals surface area contributed by atoms with E-state index in [0.29, 0.717) is 16.2 Å². The summed E-state index contributed by atoms with van der Waals surface area (Å²) >= 11 is 5.82. The van der Waals surface area contributed by atoms with Crippen molar-refractivity contribution in [1.82, 2.24) is 19.8 Å². The normalized spacial score (nSPS) is 10.8. The third kappa shape index (κ3) is 0.831. The van der Waals surface area contributed by atoms with E-state index >= 15 is 0 Å². The van der Waals surface area contributed by atoms with Crippen LogP contribution in [0.3, 0.4) is 0 Å². The Hall–Kier alpha value is -1.36. The number of fused-ring (bicyclic) bond motifs is 1. The van der Waals surface area contributed by atoms with Gasteiger partial charge >= 0.3 is 0 Å². The average Bonchev–Trinajstić information content (AvgIpc) is 2.29. The van der Waals surface area contributed by atoms with Gasteiger partial charge < -0.3 is 0 Å². The minimum atomic E-state index is -0.330. The third-order valence-corrected chi connectivity index (χ3v) is 2.01. The molecule has 0 aromatic carbocycles. The Morgan fingerprint density at radius 1 is 1.67 bits per heavy atom. The average molecular weight is 185 g/mol. The number of hydrogen-bond acceptors (Lipinski definition) is 3. The zero-order chi connectivity index (χ0) is 8.72. The van der Waals surface area contributed by atoms with Crippen LogP contribution in [0.1, 0.15) is 5.69 Å². The molecule has 0 bridgehead atoms. The molecule has 0 amide bonds. The number of nitrogens with zero attached hydrogens (tertiary/aromatic N) is 3. The Balaban J connectivity index is 3.07. The largest absolute Gasteiger partial charge is 0.291 e. The number of nitrogens with one attached hydrogen (secondary N) is 1. The lowest BCUT2D eigenvalue weighted by atomic mass is 10.4. The minimum absolute atomic E-state index is 0.330. The number of aromatic amines is 1. The first-order valence-corrected chi connectivity index (χ1v) is 3.66. The molecule has 2 aromatic rings. The van der Waals surface area contributed by atoms with Crippen LogP contribution in [0.25, 0.3) is 5.52 Å². The molecule has 2 rings (SSSR count). The lowest BCUT2D eigenvalue weighted by Crippen LogP contribution is -2.11. The summed E-state index contributed by atoms with van der Waals surface area (Å²) in [4.78, 5) is 11.1. The van der Waals surface area contributed by atoms with E-state index in [1.807, 2.05) is 0 Å². The van der Waals surface area contributed by atoms with Crippen LogP contribution in [0.5, 0.6) is 0 Å². The lowest BCUT2D eigenvalue weighted by molar-refractivity contribution is 0.836. The number of hydrogen-bond donors (Lipinski definition) is 1. The van der Waals surface area contributed by atoms with Crippen molar-refractivity contribution < 1.29 is 0 Å². The van der Waals surface area contributed by atoms with Crippen LogP contribution < -0.4 is 5.56 Å². The highest BCUT2D eigenvalue weighted by atomic mass is 35.5. The van der Waals surface area contributed by atoms with Crippen LogP contribution in [0.4, 0.5) is 0 Å². The van der Waals surface area contributed by atoms with E-state index in [0.717, 1.165) is 0 Å². The zero-order valence-corrected chi connectivity index (χ0v) is 6.96. The first-order chi connectivity index (χ1) is 5.70. The van der Waals surface area contributed by atoms with E-state index in [9.17, 15) is 4.79 Å². The van der Waals surface area contributed by atoms with Crippen LogP contribution in [-0.2, 0) is 0 Å². The van der Waals surface area contributed by atoms with Crippen LogP contribution in [-0.4, -0.2) is 19.8 Å². The molecule has 12 heavy (non-hydrogen) atoms. The van der Waals surface area contributed by atoms with Gasteiger partial charge in [0.1, 0.15) is 6.33 Å². The molecule has 1 N–H and O–H groups in total. The summed E-state index contributed by atoms with van der Waals surface area (Å²) in [6.45, 7) is 1.73. The van der Waals surface area contributed by atoms with E-state index in [-0.39, 0.29) is 5.56 Å². The van der Waals surface area contributed by atoms with E-state index in [1.165, 1.54) is 10.8 Å². The summed E-state index contributed by atoms with van der Waals surface area (Å²) in [5.41, 5.74) is 0.627. The molecule has 5 nitrogen and oxygen atoms in total. The molecule has 0 aliphatic carbocycles. The maximum atomic E-state index is 11.1. The number of aryl methyl sites for hydroxylation is 1. The predicted molar refractivity (Wildman–Crippen MR) is 43.4 cm³/mol. The van der Waals surface area contributed by atoms with Gasteiger partial charge in [-0.3, -0.25) is 4.79 Å². The Morgan fingerprint density at radius 3 is 3.08 bits per heavy atom. The molecule has 0 radical (unpaired) electrons. The van der Waals surface area contributed by atoms with Crippen molar-refractivity contribution in [1.29, 1.82) is 0 Å². The van der Waals surface area contributed by atoms with Gasteiger partial charge in [-0.05, 0) is 6.92 Å². The maximum Gasteiger partial charge on any atom is 0.291 e. The van der Waals surface area contributed by atoms with Crippen LogP contribution >= 0.6 is 11.6 Å². The standard InChI is InChI=1S/C6H5ClN4O/c1-3-4(7)5-6(12)9-8-2-11(5)10-3/h2H,1H3,(H,9,12). The fourth-order valence-corrected chi connectivity index (χ4v) is 1.22. The molecule has 0 atom stereocenters. The highest BCUT2D eigenvalue weighted by molar-refractivity contribution is 6.34. The summed E-state index contributed by atoms with van der Waals surface area (Å²) in [5.74, 6) is 0. The van der Waals surface area contributed by atoms with E-state index < -0.39 is 0 Å². The molecule has 6 heteroatoms. The smallest absolute Gasteiger partial charge is 0.265 e. The summed E-state index contributed by atoms with van der Waals surface area (Å²) in [6, 6.07) is 0. The van der Waals surface area contributed by atoms with Gasteiger partial charge in [-0.25, -0.2) is 9.61 Å². The van der Waals surface area contributed by atoms with Gasteiger partial charge in [0.05, 0.1) is 10.7 Å². The summed E-state index contributed by atoms with van der Waals surface area (Å²) < 4.78 is 1.36. The minimum Gasteiger partial charge on any atom is -0.265 e. The third-order valence-electron chi connectivity index (χ3n) is 1.56. The maximum absolute atomic E-state index is 11.1. The molecule has 0 saturated heterocycles. The Bertz CT molecular complexity index is 486. The number of rotatable bonds is 0. The zero-order valence-electron chi connectivity index (χ0n) is 6.21. The lowest BCUT2D eigenvalue weighted by Gasteiger charge is -1.87. The molecule has 0 aliphatic rings. The monoisotopic (exact) mass is 184 g/mol. The summed E-state index contributed by atoms with van der Waals surface area (Å²) in [6.07, 6.45) is 1.40. The highest BCUT2D eigenvalue weighted by Gasteiger charge is 2.09. The summed E-state index contributed by atoms with van der Waals surface area (Å²) in [5, 5.41) is 10.2. The van der Waals surface area contributed by atoms with Gasteiger partial charge in [0.15, 0.2) is 5.52 Å². The highest BCUT2D eigenvalue weighted by Crippen LogP contribution is 2.16. The van der Waals surface area contributed by atoms with Crippen molar-refractivity contribution >= 4 is 17.1 Å². The molecule has 0 spiro atoms. The number of H-pyrrole nitrogens is 1. The van der Waals surface area contributed by atoms with Crippen LogP contribution in [0.15, 0.2) is 11.1 Å². The van der Waals surface area contributed by atoms with Crippen molar-refractivity contribution in [3.05, 3.63) is 27.4 Å². The van der Waals surface area contributed by atoms with Crippen molar-refractivity contribution in [2.24, 2.45) is 0 Å². The Labute approximate surface area is 72.0 Å². The van der Waals surface area contributed by atoms with Gasteiger partial charge in [0.2, 0.25) is 0 Å². The van der Waals surface area contributed by atoms with Crippen molar-refractivity contribution in [3.8, 4) is 0 Å². The van der Waals surface area contributed by atoms with Crippen LogP contribution in [0, 0.1) is 6.92 Å². The Kier molecular flexibility index (Phi) is 1.41. The predicted octanol–water partition coefficient (Wildman–Crippen LogP) is 0.379. The summed E-state index contributed by atoms with van der Waals surface area (Å²) in [7, 11) is 0. The van der Waals surface area contributed by atoms with Gasteiger partial charge in [-0.1, -0.05) is 11.6 Å². The quantitative estimate of drug-likeness (QED) is 0.644. The van der Waals surface area contributed by atoms with E-state index in [4.69, 9.17) is 11.6 Å². The first-order valence-electron chi connectivity index (χ1n) is 3.28. The van der Waals surface area contributed by atoms with E-state index in [1.54, 1.807) is 6.92 Å². The second-order valence-corrected chi connectivity index (χ2v) is 2.76. The topological polar surface area (TPSA) is 63.1 Å². The molecular weight excluding hydrogens is 180 g/mol. The molecular formula is C6H5ClN4O. The first kappa shape index (κ1) is 7.30. The SMILES string of the molecule is Cc1nn2cn[nH]c(=O)c2c1Cl. The molecule has 62 valence electrons. The van der Waals surface area contributed by atoms with Crippen molar-refractivity contribution in [3.63, 3.8) is 0 Å². The number of halogens is 1. The van der Waals surface area contributed by atoms with Gasteiger partial charge in [0, 0.05) is 0 Å². The molecule has 0 aliphatic heterocycles. The van der Waals surface area contributed by atoms with Gasteiger partial charge in [0.25, 0.3) is 5.56 Å². The molecule has 2 heterocycles. The van der Waals surface area contributed by atoms with E-state index in [2.05, 4.69) is 15.3 Å². The van der Waals surface area contributed by atoms with Crippen molar-refractivity contribution in [2.75, 3.05) is 0 Å². The molecule has 2 aromatic heterocycles. The van der Waals surface area contributed by atoms with Gasteiger partial charge in [-0.2, -0.15) is 10.2 Å². The van der Waals surface area contributed by atoms with Crippen LogP contribution in [0.2, 0.25) is 5.02 Å². The fraction of sp³-hybridized carbons (Fsp3) is 0.167. The second-order valence-electron chi connectivity index (χ2n) is 2.38. The molecule has 0 unspecified atom stereocenters. The van der Waals surface area contributed by atoms with Gasteiger partial charge in [-0.15, -0.1) is 0 Å². The fourth-order valence-electron chi connectivity index (χ4n) is 1.01. The van der Waals surface area contributed by atoms with Crippen molar-refractivity contribution in [2.45, 2.75) is 6.92 Å². The molecule has 0 fully saturated rings. The Morgan fingerprint density at radius 2 is 2.42 bits per heavy atom. The second kappa shape index (κ2) is 2.31.